The zero-order valence-corrected chi connectivity index (χ0v) is 19.2. The third-order valence-electron chi connectivity index (χ3n) is 4.97. The van der Waals surface area contributed by atoms with Gasteiger partial charge in [-0.2, -0.15) is 4.98 Å². The normalized spacial score (nSPS) is 11.0. The maximum absolute atomic E-state index is 5.54. The minimum absolute atomic E-state index is 0.420. The maximum Gasteiger partial charge on any atom is 0.237 e. The highest BCUT2D eigenvalue weighted by molar-refractivity contribution is 7.98. The quantitative estimate of drug-likeness (QED) is 0.285. The summed E-state index contributed by atoms with van der Waals surface area (Å²) in [5, 5.41) is 13.6. The van der Waals surface area contributed by atoms with Crippen molar-refractivity contribution in [2.75, 3.05) is 14.2 Å². The van der Waals surface area contributed by atoms with Crippen LogP contribution < -0.4 is 9.47 Å². The lowest BCUT2D eigenvalue weighted by molar-refractivity contribution is 0.355. The van der Waals surface area contributed by atoms with E-state index < -0.39 is 0 Å². The van der Waals surface area contributed by atoms with Crippen molar-refractivity contribution in [2.24, 2.45) is 0 Å². The SMILES string of the molecule is COc1ccc(-c2noc(CSc3nnc(-c4cccnc4)n3Cc3ccco3)n2)cc1OC. The van der Waals surface area contributed by atoms with Gasteiger partial charge < -0.3 is 18.4 Å². The molecular formula is C23H20N6O4S. The molecule has 0 N–H and O–H groups in total. The van der Waals surface area contributed by atoms with Crippen LogP contribution in [0.3, 0.4) is 0 Å². The van der Waals surface area contributed by atoms with E-state index in [1.165, 1.54) is 11.8 Å². The Morgan fingerprint density at radius 1 is 1.00 bits per heavy atom. The van der Waals surface area contributed by atoms with Gasteiger partial charge in [-0.05, 0) is 42.5 Å². The van der Waals surface area contributed by atoms with E-state index in [-0.39, 0.29) is 0 Å². The van der Waals surface area contributed by atoms with Gasteiger partial charge in [0.1, 0.15) is 5.76 Å². The molecule has 11 heteroatoms. The lowest BCUT2D eigenvalue weighted by Gasteiger charge is -2.08. The molecule has 0 bridgehead atoms. The smallest absolute Gasteiger partial charge is 0.237 e. The van der Waals surface area contributed by atoms with Crippen LogP contribution in [0, 0.1) is 0 Å². The van der Waals surface area contributed by atoms with Crippen molar-refractivity contribution in [3.05, 3.63) is 72.8 Å². The number of hydrogen-bond donors (Lipinski definition) is 0. The van der Waals surface area contributed by atoms with Crippen molar-refractivity contribution in [2.45, 2.75) is 17.5 Å². The predicted octanol–water partition coefficient (Wildman–Crippen LogP) is 4.34. The molecule has 0 saturated heterocycles. The van der Waals surface area contributed by atoms with E-state index in [2.05, 4.69) is 25.3 Å². The van der Waals surface area contributed by atoms with Crippen LogP contribution in [-0.4, -0.2) is 44.1 Å². The van der Waals surface area contributed by atoms with Crippen molar-refractivity contribution in [3.63, 3.8) is 0 Å². The zero-order valence-electron chi connectivity index (χ0n) is 18.4. The molecule has 0 atom stereocenters. The average molecular weight is 477 g/mol. The van der Waals surface area contributed by atoms with Gasteiger partial charge in [-0.1, -0.05) is 16.9 Å². The summed E-state index contributed by atoms with van der Waals surface area (Å²) in [5.74, 6) is 4.06. The lowest BCUT2D eigenvalue weighted by Crippen LogP contribution is -2.03. The van der Waals surface area contributed by atoms with Crippen molar-refractivity contribution < 1.29 is 18.4 Å². The van der Waals surface area contributed by atoms with Crippen molar-refractivity contribution >= 4 is 11.8 Å². The number of benzene rings is 1. The molecule has 0 unspecified atom stereocenters. The van der Waals surface area contributed by atoms with Gasteiger partial charge in [0.2, 0.25) is 11.7 Å². The van der Waals surface area contributed by atoms with Crippen LogP contribution in [0.15, 0.2) is 75.2 Å². The molecule has 0 fully saturated rings. The molecule has 1 aromatic carbocycles. The van der Waals surface area contributed by atoms with Crippen LogP contribution in [0.5, 0.6) is 11.5 Å². The Labute approximate surface area is 198 Å². The number of pyridine rings is 1. The molecule has 0 saturated carbocycles. The fourth-order valence-corrected chi connectivity index (χ4v) is 4.11. The Bertz CT molecular complexity index is 1370. The lowest BCUT2D eigenvalue weighted by atomic mass is 10.2. The summed E-state index contributed by atoms with van der Waals surface area (Å²) in [7, 11) is 3.17. The molecule has 0 amide bonds. The highest BCUT2D eigenvalue weighted by Crippen LogP contribution is 2.32. The largest absolute Gasteiger partial charge is 0.493 e. The number of aromatic nitrogens is 6. The molecule has 4 heterocycles. The molecule has 172 valence electrons. The molecule has 0 aliphatic heterocycles. The van der Waals surface area contributed by atoms with E-state index in [0.29, 0.717) is 46.5 Å². The molecule has 4 aromatic heterocycles. The number of rotatable bonds is 9. The van der Waals surface area contributed by atoms with E-state index >= 15 is 0 Å². The molecule has 10 nitrogen and oxygen atoms in total. The first kappa shape index (κ1) is 21.7. The van der Waals surface area contributed by atoms with Gasteiger partial charge in [0.25, 0.3) is 0 Å². The number of furan rings is 1. The second-order valence-corrected chi connectivity index (χ2v) is 8.03. The third-order valence-corrected chi connectivity index (χ3v) is 5.92. The molecular weight excluding hydrogens is 456 g/mol. The first-order valence-corrected chi connectivity index (χ1v) is 11.3. The van der Waals surface area contributed by atoms with Gasteiger partial charge in [0, 0.05) is 23.5 Å². The summed E-state index contributed by atoms with van der Waals surface area (Å²) in [6.07, 6.45) is 5.12. The number of thioether (sulfide) groups is 1. The van der Waals surface area contributed by atoms with Crippen LogP contribution in [0.1, 0.15) is 11.7 Å². The first-order valence-electron chi connectivity index (χ1n) is 10.3. The molecule has 0 spiro atoms. The van der Waals surface area contributed by atoms with E-state index in [4.69, 9.17) is 18.4 Å². The third kappa shape index (κ3) is 4.50. The molecule has 5 aromatic rings. The summed E-state index contributed by atoms with van der Waals surface area (Å²) in [5.41, 5.74) is 1.62. The standard InChI is InChI=1S/C23H20N6O4S/c1-30-18-8-7-15(11-19(18)31-2)21-25-20(33-28-21)14-34-23-27-26-22(16-5-3-9-24-12-16)29(23)13-17-6-4-10-32-17/h3-12H,13-14H2,1-2H3. The Morgan fingerprint density at radius 2 is 1.91 bits per heavy atom. The average Bonchev–Trinajstić information content (AvgIpc) is 3.65. The minimum atomic E-state index is 0.420. The monoisotopic (exact) mass is 476 g/mol. The second kappa shape index (κ2) is 9.79. The van der Waals surface area contributed by atoms with E-state index in [1.807, 2.05) is 34.9 Å². The van der Waals surface area contributed by atoms with Gasteiger partial charge in [0.05, 0.1) is 32.8 Å². The van der Waals surface area contributed by atoms with Crippen LogP contribution in [0.4, 0.5) is 0 Å². The predicted molar refractivity (Wildman–Crippen MR) is 123 cm³/mol. The molecule has 0 aliphatic carbocycles. The Balaban J connectivity index is 1.37. The Kier molecular flexibility index (Phi) is 6.25. The van der Waals surface area contributed by atoms with Gasteiger partial charge in [-0.15, -0.1) is 10.2 Å². The van der Waals surface area contributed by atoms with Crippen LogP contribution in [0.25, 0.3) is 22.8 Å². The summed E-state index contributed by atoms with van der Waals surface area (Å²) < 4.78 is 23.6. The van der Waals surface area contributed by atoms with E-state index in [9.17, 15) is 0 Å². The van der Waals surface area contributed by atoms with Gasteiger partial charge >= 0.3 is 0 Å². The fourth-order valence-electron chi connectivity index (χ4n) is 3.34. The van der Waals surface area contributed by atoms with Gasteiger partial charge in [-0.25, -0.2) is 0 Å². The summed E-state index contributed by atoms with van der Waals surface area (Å²) in [6, 6.07) is 13.0. The Morgan fingerprint density at radius 3 is 2.68 bits per heavy atom. The summed E-state index contributed by atoms with van der Waals surface area (Å²) in [4.78, 5) is 8.71. The highest BCUT2D eigenvalue weighted by Gasteiger charge is 2.18. The molecule has 0 radical (unpaired) electrons. The zero-order chi connectivity index (χ0) is 23.3. The Hall–Kier alpha value is -4.12. The van der Waals surface area contributed by atoms with Crippen LogP contribution >= 0.6 is 11.8 Å². The van der Waals surface area contributed by atoms with Crippen molar-refractivity contribution in [1.29, 1.82) is 0 Å². The van der Waals surface area contributed by atoms with Crippen LogP contribution in [0.2, 0.25) is 0 Å². The van der Waals surface area contributed by atoms with E-state index in [0.717, 1.165) is 16.9 Å². The molecule has 0 aliphatic rings. The summed E-state index contributed by atoms with van der Waals surface area (Å²) >= 11 is 1.45. The van der Waals surface area contributed by atoms with Crippen molar-refractivity contribution in [1.82, 2.24) is 29.9 Å². The van der Waals surface area contributed by atoms with E-state index in [1.54, 1.807) is 45.0 Å². The minimum Gasteiger partial charge on any atom is -0.493 e. The topological polar surface area (TPSA) is 114 Å². The highest BCUT2D eigenvalue weighted by atomic mass is 32.2. The van der Waals surface area contributed by atoms with Gasteiger partial charge in [-0.3, -0.25) is 9.55 Å². The van der Waals surface area contributed by atoms with Crippen LogP contribution in [-0.2, 0) is 12.3 Å². The number of ether oxygens (including phenoxy) is 2. The number of nitrogens with zero attached hydrogens (tertiary/aromatic N) is 6. The molecule has 34 heavy (non-hydrogen) atoms. The fraction of sp³-hybridized carbons (Fsp3) is 0.174. The van der Waals surface area contributed by atoms with Gasteiger partial charge in [0.15, 0.2) is 22.5 Å². The number of methoxy groups -OCH3 is 2. The first-order chi connectivity index (χ1) is 16.7. The maximum atomic E-state index is 5.54. The summed E-state index contributed by atoms with van der Waals surface area (Å²) in [6.45, 7) is 0.479. The second-order valence-electron chi connectivity index (χ2n) is 7.08. The van der Waals surface area contributed by atoms with Crippen molar-refractivity contribution in [3.8, 4) is 34.3 Å². The number of hydrogen-bond acceptors (Lipinski definition) is 10. The molecule has 5 rings (SSSR count).